The van der Waals surface area contributed by atoms with Crippen LogP contribution in [0.15, 0.2) is 82.8 Å². The second-order valence-corrected chi connectivity index (χ2v) is 25.0. The summed E-state index contributed by atoms with van der Waals surface area (Å²) in [5, 5.41) is 0. The van der Waals surface area contributed by atoms with Crippen LogP contribution in [0.3, 0.4) is 0 Å². The van der Waals surface area contributed by atoms with Gasteiger partial charge in [-0.15, -0.1) is 0 Å². The van der Waals surface area contributed by atoms with Gasteiger partial charge in [0.05, 0.1) is 2.74 Å². The molecule has 10 heteroatoms. The van der Waals surface area contributed by atoms with E-state index in [1.54, 1.807) is 0 Å². The Kier molecular flexibility index (Phi) is 28.7. The largest absolute Gasteiger partial charge is 0.328 e. The topological polar surface area (TPSA) is 67.8 Å². The molecule has 0 aliphatic heterocycles. The van der Waals surface area contributed by atoms with Gasteiger partial charge in [0, 0.05) is 36.1 Å². The van der Waals surface area contributed by atoms with Gasteiger partial charge in [-0.1, -0.05) is 221 Å². The van der Waals surface area contributed by atoms with Gasteiger partial charge >= 0.3 is 0 Å². The molecule has 0 heterocycles. The minimum atomic E-state index is -1.83. The predicted octanol–water partition coefficient (Wildman–Crippen LogP) is 18.4. The van der Waals surface area contributed by atoms with Crippen LogP contribution in [0.1, 0.15) is 180 Å². The standard InChI is InChI=1S/2C18H27N.C10H21N.C8H8O.2CHCl3/c2*1-14-5-7-15(8-6-14)13-19-17-11-9-16(10-12-17)18(2,3)4;1-10(2,3)8-4-6-9(11)7-5-8;1-7-2-4-8(6-9)5-3-7;2*2-1(3)4/h2*5-8,13,16-17H,9-12H2,1-4H3;8-9H,4-7,11H2,1-3H3;2-6H,1H3;2*1H/i;;;;2*1D. The number of nitrogens with zero attached hydrogens (tertiary/aromatic N) is 2. The maximum atomic E-state index is 10.1. The number of halogens is 6. The second kappa shape index (κ2) is 32.3. The number of benzene rings is 3. The molecule has 3 aliphatic carbocycles. The Hall–Kier alpha value is -1.63. The third-order valence-electron chi connectivity index (χ3n) is 13.1. The Morgan fingerprint density at radius 1 is 0.470 bits per heavy atom. The minimum absolute atomic E-state index is 0.464. The summed E-state index contributed by atoms with van der Waals surface area (Å²) in [4.78, 5) is 19.7. The van der Waals surface area contributed by atoms with Crippen LogP contribution in [0.25, 0.3) is 0 Å². The van der Waals surface area contributed by atoms with E-state index in [0.717, 1.165) is 29.6 Å². The van der Waals surface area contributed by atoms with Crippen LogP contribution in [-0.4, -0.2) is 45.4 Å². The molecule has 66 heavy (non-hydrogen) atoms. The van der Waals surface area contributed by atoms with Crippen molar-refractivity contribution in [2.75, 3.05) is 0 Å². The van der Waals surface area contributed by atoms with Crippen molar-refractivity contribution in [2.45, 2.75) is 187 Å². The van der Waals surface area contributed by atoms with E-state index in [-0.39, 0.29) is 0 Å². The molecule has 0 radical (unpaired) electrons. The molecule has 0 aromatic heterocycles. The summed E-state index contributed by atoms with van der Waals surface area (Å²) in [7, 11) is 0. The van der Waals surface area contributed by atoms with Crippen molar-refractivity contribution >= 4 is 88.3 Å². The number of aldehydes is 1. The number of aryl methyl sites for hydroxylation is 3. The third kappa shape index (κ3) is 30.1. The number of aliphatic imine (C=N–C) groups is 2. The molecule has 3 aromatic carbocycles. The number of hydrogen-bond donors (Lipinski definition) is 1. The van der Waals surface area contributed by atoms with Crippen LogP contribution in [0.5, 0.6) is 0 Å². The molecule has 372 valence electrons. The zero-order valence-corrected chi connectivity index (χ0v) is 46.8. The van der Waals surface area contributed by atoms with Gasteiger partial charge in [-0.25, -0.2) is 0 Å². The highest BCUT2D eigenvalue weighted by Crippen LogP contribution is 2.40. The molecule has 0 spiro atoms. The summed E-state index contributed by atoms with van der Waals surface area (Å²) in [6, 6.07) is 26.2. The Bertz CT molecular complexity index is 1740. The normalized spacial score (nSPS) is 23.0. The third-order valence-corrected chi connectivity index (χ3v) is 13.1. The molecule has 0 saturated heterocycles. The highest BCUT2D eigenvalue weighted by Gasteiger charge is 2.31. The maximum absolute atomic E-state index is 10.1. The molecule has 2 N–H and O–H groups in total. The van der Waals surface area contributed by atoms with Crippen molar-refractivity contribution in [1.82, 2.24) is 0 Å². The zero-order valence-electron chi connectivity index (χ0n) is 44.3. The lowest BCUT2D eigenvalue weighted by atomic mass is 9.71. The van der Waals surface area contributed by atoms with Gasteiger partial charge in [0.15, 0.2) is 8.54 Å². The van der Waals surface area contributed by atoms with Gasteiger partial charge in [0.2, 0.25) is 0 Å². The minimum Gasteiger partial charge on any atom is -0.328 e. The summed E-state index contributed by atoms with van der Waals surface area (Å²) in [6.45, 7) is 27.5. The number of hydrogen-bond acceptors (Lipinski definition) is 4. The Balaban J connectivity index is 0.000000438. The van der Waals surface area contributed by atoms with Crippen LogP contribution in [0.4, 0.5) is 0 Å². The quantitative estimate of drug-likeness (QED) is 0.157. The lowest BCUT2D eigenvalue weighted by molar-refractivity contribution is 0.112. The van der Waals surface area contributed by atoms with Crippen molar-refractivity contribution in [3.8, 4) is 0 Å². The number of carbonyl (C=O) groups is 1. The summed E-state index contributed by atoms with van der Waals surface area (Å²) in [5.41, 5.74) is 14.3. The first kappa shape index (κ1) is 58.7. The van der Waals surface area contributed by atoms with E-state index in [1.807, 2.05) is 31.2 Å². The first-order valence-corrected chi connectivity index (χ1v) is 26.1. The van der Waals surface area contributed by atoms with E-state index in [9.17, 15) is 4.79 Å². The lowest BCUT2D eigenvalue weighted by Crippen LogP contribution is -2.31. The first-order valence-electron chi connectivity index (χ1n) is 24.8. The molecule has 6 rings (SSSR count). The number of rotatable bonds is 5. The molecule has 4 nitrogen and oxygen atoms in total. The monoisotopic (exact) mass is 1030 g/mol. The average Bonchev–Trinajstić information content (AvgIpc) is 3.23. The van der Waals surface area contributed by atoms with Crippen LogP contribution < -0.4 is 5.73 Å². The molecule has 3 aromatic rings. The number of carbonyl (C=O) groups excluding carboxylic acids is 1. The van der Waals surface area contributed by atoms with Crippen LogP contribution in [0, 0.1) is 54.8 Å². The fraction of sp³-hybridized carbons (Fsp3) is 0.625. The second-order valence-electron chi connectivity index (χ2n) is 21.6. The molecule has 3 fully saturated rings. The SMILES string of the molecule is CC(C)(C)C1CCC(N)CC1.Cc1ccc(C=NC2CCC(C(C)(C)C)CC2)cc1.Cc1ccc(C=NC2CCC(C(C)(C)C)CC2)cc1.Cc1ccc(C=O)cc1.[2H]C(Cl)(Cl)Cl.[2H]C(Cl)(Cl)Cl. The Morgan fingerprint density at radius 2 is 0.697 bits per heavy atom. The van der Waals surface area contributed by atoms with Gasteiger partial charge < -0.3 is 5.73 Å². The van der Waals surface area contributed by atoms with Gasteiger partial charge in [-0.05, 0) is 143 Å². The van der Waals surface area contributed by atoms with Gasteiger partial charge in [-0.3, -0.25) is 14.8 Å². The van der Waals surface area contributed by atoms with Crippen molar-refractivity contribution in [2.24, 2.45) is 49.7 Å². The van der Waals surface area contributed by atoms with Crippen LogP contribution >= 0.6 is 69.6 Å². The highest BCUT2D eigenvalue weighted by molar-refractivity contribution is 6.63. The van der Waals surface area contributed by atoms with Crippen molar-refractivity contribution < 1.29 is 7.54 Å². The molecule has 0 unspecified atom stereocenters. The molecule has 0 bridgehead atoms. The first-order chi connectivity index (χ1) is 31.2. The van der Waals surface area contributed by atoms with Gasteiger partial charge in [0.1, 0.15) is 6.29 Å². The highest BCUT2D eigenvalue weighted by atomic mass is 35.6. The summed E-state index contributed by atoms with van der Waals surface area (Å²) < 4.78 is 8.80. The predicted molar refractivity (Wildman–Crippen MR) is 297 cm³/mol. The fourth-order valence-electron chi connectivity index (χ4n) is 8.50. The summed E-state index contributed by atoms with van der Waals surface area (Å²) in [6.07, 6.45) is 20.5. The zero-order chi connectivity index (χ0) is 51.9. The number of nitrogens with two attached hydrogens (primary N) is 1. The van der Waals surface area contributed by atoms with E-state index in [2.05, 4.69) is 137 Å². The molecular weight excluding hydrogens is 943 g/mol. The molecule has 0 atom stereocenters. The maximum Gasteiger partial charge on any atom is 0.180 e. The van der Waals surface area contributed by atoms with E-state index in [1.165, 1.54) is 105 Å². The summed E-state index contributed by atoms with van der Waals surface area (Å²) >= 11 is 28.4. The van der Waals surface area contributed by atoms with Gasteiger partial charge in [-0.2, -0.15) is 0 Å². The number of alkyl halides is 6. The lowest BCUT2D eigenvalue weighted by Gasteiger charge is -2.35. The molecule has 3 saturated carbocycles. The fourth-order valence-corrected chi connectivity index (χ4v) is 8.50. The smallest absolute Gasteiger partial charge is 0.180 e. The van der Waals surface area contributed by atoms with E-state index >= 15 is 0 Å². The Morgan fingerprint density at radius 3 is 0.924 bits per heavy atom. The van der Waals surface area contributed by atoms with Crippen molar-refractivity contribution in [1.29, 1.82) is 0 Å². The van der Waals surface area contributed by atoms with Gasteiger partial charge in [0.25, 0.3) is 0 Å². The van der Waals surface area contributed by atoms with Crippen molar-refractivity contribution in [3.63, 3.8) is 0 Å². The Labute approximate surface area is 435 Å². The molecule has 0 amide bonds. The van der Waals surface area contributed by atoms with E-state index in [4.69, 9.17) is 88.1 Å². The van der Waals surface area contributed by atoms with Crippen LogP contribution in [0.2, 0.25) is 0 Å². The average molecular weight is 1030 g/mol. The van der Waals surface area contributed by atoms with E-state index in [0.29, 0.717) is 34.4 Å². The molecular formula is C56H85Cl6N3O. The summed E-state index contributed by atoms with van der Waals surface area (Å²) in [5.74, 6) is 2.65. The molecule has 3 aliphatic rings. The van der Waals surface area contributed by atoms with E-state index < -0.39 is 8.54 Å². The van der Waals surface area contributed by atoms with Crippen molar-refractivity contribution in [3.05, 3.63) is 106 Å². The van der Waals surface area contributed by atoms with Crippen LogP contribution in [-0.2, 0) is 0 Å².